The fourth-order valence-corrected chi connectivity index (χ4v) is 4.75. The number of allylic oxidation sites excluding steroid dienone is 1. The highest BCUT2D eigenvalue weighted by Crippen LogP contribution is 2.45. The van der Waals surface area contributed by atoms with Crippen LogP contribution in [0.5, 0.6) is 0 Å². The Balaban J connectivity index is 1.80. The Morgan fingerprint density at radius 3 is 2.86 bits per heavy atom. The second kappa shape index (κ2) is 6.45. The molecule has 1 saturated heterocycles. The fourth-order valence-electron chi connectivity index (χ4n) is 4.75. The van der Waals surface area contributed by atoms with Gasteiger partial charge in [-0.15, -0.1) is 0 Å². The van der Waals surface area contributed by atoms with Crippen LogP contribution in [0.1, 0.15) is 65.7 Å². The van der Waals surface area contributed by atoms with Crippen LogP contribution in [0, 0.1) is 11.8 Å². The van der Waals surface area contributed by atoms with Crippen LogP contribution >= 0.6 is 0 Å². The van der Waals surface area contributed by atoms with Crippen molar-refractivity contribution in [3.8, 4) is 0 Å². The molecule has 3 nitrogen and oxygen atoms in total. The average molecular weight is 305 g/mol. The van der Waals surface area contributed by atoms with Gasteiger partial charge in [-0.2, -0.15) is 0 Å². The lowest BCUT2D eigenvalue weighted by molar-refractivity contribution is -0.220. The summed E-state index contributed by atoms with van der Waals surface area (Å²) in [7, 11) is 0. The summed E-state index contributed by atoms with van der Waals surface area (Å²) in [5.41, 5.74) is 1.53. The van der Waals surface area contributed by atoms with E-state index in [1.165, 1.54) is 44.1 Å². The Labute approximate surface area is 135 Å². The highest BCUT2D eigenvalue weighted by Gasteiger charge is 2.50. The predicted octanol–water partition coefficient (Wildman–Crippen LogP) is 3.93. The highest BCUT2D eigenvalue weighted by molar-refractivity contribution is 5.56. The molecule has 0 amide bonds. The quantitative estimate of drug-likeness (QED) is 0.584. The summed E-state index contributed by atoms with van der Waals surface area (Å²) in [5, 5.41) is 0. The summed E-state index contributed by atoms with van der Waals surface area (Å²) in [5.74, 6) is 1.26. The van der Waals surface area contributed by atoms with Crippen molar-refractivity contribution in [1.82, 2.24) is 4.90 Å². The van der Waals surface area contributed by atoms with Crippen LogP contribution in [-0.2, 0) is 9.53 Å². The van der Waals surface area contributed by atoms with E-state index in [1.54, 1.807) is 0 Å². The van der Waals surface area contributed by atoms with E-state index in [0.29, 0.717) is 5.92 Å². The Kier molecular flexibility index (Phi) is 4.75. The summed E-state index contributed by atoms with van der Waals surface area (Å²) in [6.45, 7) is 7.85. The molecule has 0 aromatic carbocycles. The molecule has 0 aromatic rings. The number of carbonyl (C=O) groups is 1. The molecule has 2 aliphatic carbocycles. The molecule has 0 spiro atoms. The molecule has 0 N–H and O–H groups in total. The molecule has 3 heteroatoms. The zero-order chi connectivity index (χ0) is 15.7. The van der Waals surface area contributed by atoms with Crippen molar-refractivity contribution in [2.24, 2.45) is 11.8 Å². The topological polar surface area (TPSA) is 29.5 Å². The molecule has 1 heterocycles. The van der Waals surface area contributed by atoms with Crippen LogP contribution < -0.4 is 0 Å². The summed E-state index contributed by atoms with van der Waals surface area (Å²) in [4.78, 5) is 14.0. The number of fused-ring (bicyclic) bond motifs is 1. The van der Waals surface area contributed by atoms with E-state index in [0.717, 1.165) is 25.2 Å². The van der Waals surface area contributed by atoms with E-state index >= 15 is 0 Å². The van der Waals surface area contributed by atoms with Crippen LogP contribution in [0.3, 0.4) is 0 Å². The van der Waals surface area contributed by atoms with Gasteiger partial charge in [-0.3, -0.25) is 9.69 Å². The van der Waals surface area contributed by atoms with Gasteiger partial charge in [-0.05, 0) is 58.3 Å². The minimum absolute atomic E-state index is 0.0346. The first-order valence-corrected chi connectivity index (χ1v) is 9.07. The van der Waals surface area contributed by atoms with Crippen molar-refractivity contribution in [3.05, 3.63) is 11.6 Å². The molecule has 3 rings (SSSR count). The number of rotatable bonds is 3. The van der Waals surface area contributed by atoms with Crippen molar-refractivity contribution >= 4 is 6.29 Å². The zero-order valence-electron chi connectivity index (χ0n) is 14.4. The SMILES string of the molecule is C[C@@H]1CC[C@@H]2[C@@H](C1)O[C@@H](C=O)N(CC1=CCCCC1)C2(C)C. The molecule has 124 valence electrons. The van der Waals surface area contributed by atoms with Gasteiger partial charge in [0.15, 0.2) is 12.5 Å². The maximum absolute atomic E-state index is 11.7. The monoisotopic (exact) mass is 305 g/mol. The van der Waals surface area contributed by atoms with Gasteiger partial charge in [0.25, 0.3) is 0 Å². The third-order valence-electron chi connectivity index (χ3n) is 6.20. The largest absolute Gasteiger partial charge is 0.352 e. The summed E-state index contributed by atoms with van der Waals surface area (Å²) in [6.07, 6.45) is 11.9. The first-order chi connectivity index (χ1) is 10.5. The van der Waals surface area contributed by atoms with Gasteiger partial charge in [-0.25, -0.2) is 0 Å². The van der Waals surface area contributed by atoms with E-state index in [9.17, 15) is 4.79 Å². The molecule has 22 heavy (non-hydrogen) atoms. The number of nitrogens with zero attached hydrogens (tertiary/aromatic N) is 1. The molecule has 1 saturated carbocycles. The van der Waals surface area contributed by atoms with Gasteiger partial charge >= 0.3 is 0 Å². The van der Waals surface area contributed by atoms with Gasteiger partial charge in [0.1, 0.15) is 0 Å². The first kappa shape index (κ1) is 16.2. The Bertz CT molecular complexity index is 443. The molecular formula is C19H31NO2. The maximum Gasteiger partial charge on any atom is 0.168 e. The molecule has 3 aliphatic rings. The highest BCUT2D eigenvalue weighted by atomic mass is 16.5. The standard InChI is InChI=1S/C19H31NO2/c1-14-9-10-16-17(11-14)22-18(13-21)20(19(16,2)3)12-15-7-5-4-6-8-15/h7,13-14,16-18H,4-6,8-12H2,1-3H3/t14-,16-,17-,18+/m1/s1. The number of hydrogen-bond acceptors (Lipinski definition) is 3. The molecule has 4 atom stereocenters. The van der Waals surface area contributed by atoms with Gasteiger partial charge < -0.3 is 4.74 Å². The van der Waals surface area contributed by atoms with Crippen molar-refractivity contribution in [1.29, 1.82) is 0 Å². The normalized spacial score (nSPS) is 39.0. The van der Waals surface area contributed by atoms with Gasteiger partial charge in [0.2, 0.25) is 0 Å². The van der Waals surface area contributed by atoms with Gasteiger partial charge in [-0.1, -0.05) is 25.0 Å². The molecule has 0 unspecified atom stereocenters. The van der Waals surface area contributed by atoms with Crippen LogP contribution in [0.2, 0.25) is 0 Å². The average Bonchev–Trinajstić information content (AvgIpc) is 2.50. The minimum Gasteiger partial charge on any atom is -0.352 e. The summed E-state index contributed by atoms with van der Waals surface area (Å²) < 4.78 is 6.23. The van der Waals surface area contributed by atoms with Crippen molar-refractivity contribution < 1.29 is 9.53 Å². The third kappa shape index (κ3) is 3.03. The fraction of sp³-hybridized carbons (Fsp3) is 0.842. The van der Waals surface area contributed by atoms with E-state index in [1.807, 2.05) is 0 Å². The molecule has 0 bridgehead atoms. The number of aldehydes is 1. The second-order valence-corrected chi connectivity index (χ2v) is 8.12. The van der Waals surface area contributed by atoms with E-state index < -0.39 is 0 Å². The van der Waals surface area contributed by atoms with Crippen LogP contribution in [0.15, 0.2) is 11.6 Å². The van der Waals surface area contributed by atoms with Crippen LogP contribution in [0.25, 0.3) is 0 Å². The molecule has 2 fully saturated rings. The van der Waals surface area contributed by atoms with Gasteiger partial charge in [0, 0.05) is 18.0 Å². The maximum atomic E-state index is 11.7. The lowest BCUT2D eigenvalue weighted by Gasteiger charge is -2.56. The van der Waals surface area contributed by atoms with Gasteiger partial charge in [0.05, 0.1) is 6.10 Å². The van der Waals surface area contributed by atoms with E-state index in [-0.39, 0.29) is 17.9 Å². The summed E-state index contributed by atoms with van der Waals surface area (Å²) >= 11 is 0. The smallest absolute Gasteiger partial charge is 0.168 e. The Morgan fingerprint density at radius 1 is 1.36 bits per heavy atom. The first-order valence-electron chi connectivity index (χ1n) is 9.07. The number of hydrogen-bond donors (Lipinski definition) is 0. The second-order valence-electron chi connectivity index (χ2n) is 8.12. The molecule has 1 aliphatic heterocycles. The lowest BCUT2D eigenvalue weighted by atomic mass is 9.69. The third-order valence-corrected chi connectivity index (χ3v) is 6.20. The number of carbonyl (C=O) groups excluding carboxylic acids is 1. The zero-order valence-corrected chi connectivity index (χ0v) is 14.4. The molecule has 0 radical (unpaired) electrons. The van der Waals surface area contributed by atoms with Crippen molar-refractivity contribution in [3.63, 3.8) is 0 Å². The Morgan fingerprint density at radius 2 is 2.18 bits per heavy atom. The Hall–Kier alpha value is -0.670. The number of ether oxygens (including phenoxy) is 1. The lowest BCUT2D eigenvalue weighted by Crippen LogP contribution is -2.65. The summed E-state index contributed by atoms with van der Waals surface area (Å²) in [6, 6.07) is 0. The van der Waals surface area contributed by atoms with Crippen molar-refractivity contribution in [2.75, 3.05) is 6.54 Å². The molecule has 0 aromatic heterocycles. The van der Waals surface area contributed by atoms with E-state index in [4.69, 9.17) is 4.74 Å². The van der Waals surface area contributed by atoms with Crippen molar-refractivity contribution in [2.45, 2.75) is 83.6 Å². The van der Waals surface area contributed by atoms with Crippen LogP contribution in [0.4, 0.5) is 0 Å². The minimum atomic E-state index is -0.371. The van der Waals surface area contributed by atoms with Crippen LogP contribution in [-0.4, -0.2) is 35.6 Å². The molecular weight excluding hydrogens is 274 g/mol. The predicted molar refractivity (Wildman–Crippen MR) is 88.6 cm³/mol. The van der Waals surface area contributed by atoms with E-state index in [2.05, 4.69) is 31.7 Å².